The lowest BCUT2D eigenvalue weighted by Gasteiger charge is -2.30. The van der Waals surface area contributed by atoms with Gasteiger partial charge in [-0.25, -0.2) is 4.98 Å². The third kappa shape index (κ3) is 3.41. The quantitative estimate of drug-likeness (QED) is 0.780. The van der Waals surface area contributed by atoms with E-state index in [-0.39, 0.29) is 11.9 Å². The fourth-order valence-electron chi connectivity index (χ4n) is 3.30. The number of nitrogens with two attached hydrogens (primary N) is 1. The molecule has 0 aliphatic carbocycles. The molecular weight excluding hydrogens is 318 g/mol. The highest BCUT2D eigenvalue weighted by Crippen LogP contribution is 2.28. The molecule has 0 radical (unpaired) electrons. The van der Waals surface area contributed by atoms with E-state index in [1.165, 1.54) is 0 Å². The zero-order chi connectivity index (χ0) is 17.2. The summed E-state index contributed by atoms with van der Waals surface area (Å²) in [5, 5.41) is 7.81. The van der Waals surface area contributed by atoms with Crippen molar-refractivity contribution in [1.82, 2.24) is 20.1 Å². The zero-order valence-corrected chi connectivity index (χ0v) is 14.2. The van der Waals surface area contributed by atoms with Gasteiger partial charge >= 0.3 is 6.01 Å². The molecule has 1 aromatic carbocycles. The maximum absolute atomic E-state index is 5.86. The van der Waals surface area contributed by atoms with Crippen LogP contribution in [0.15, 0.2) is 39.2 Å². The summed E-state index contributed by atoms with van der Waals surface area (Å²) in [7, 11) is 0. The summed E-state index contributed by atoms with van der Waals surface area (Å²) < 4.78 is 11.3. The largest absolute Gasteiger partial charge is 0.441 e. The van der Waals surface area contributed by atoms with Crippen LogP contribution in [0.25, 0.3) is 11.5 Å². The number of benzene rings is 1. The molecule has 2 N–H and O–H groups in total. The molecule has 7 nitrogen and oxygen atoms in total. The van der Waals surface area contributed by atoms with Crippen LogP contribution >= 0.6 is 0 Å². The van der Waals surface area contributed by atoms with Crippen molar-refractivity contribution in [3.05, 3.63) is 47.7 Å². The highest BCUT2D eigenvalue weighted by molar-refractivity contribution is 5.53. The first-order chi connectivity index (χ1) is 12.2. The minimum absolute atomic E-state index is 0.131. The van der Waals surface area contributed by atoms with Gasteiger partial charge in [-0.15, -0.1) is 5.10 Å². The summed E-state index contributed by atoms with van der Waals surface area (Å²) in [5.74, 6) is 2.39. The molecule has 0 amide bonds. The van der Waals surface area contributed by atoms with Gasteiger partial charge in [0.25, 0.3) is 0 Å². The van der Waals surface area contributed by atoms with Gasteiger partial charge in [0.2, 0.25) is 11.8 Å². The molecule has 4 rings (SSSR count). The van der Waals surface area contributed by atoms with Crippen molar-refractivity contribution in [2.24, 2.45) is 0 Å². The van der Waals surface area contributed by atoms with Gasteiger partial charge in [0.1, 0.15) is 5.76 Å². The number of rotatable bonds is 4. The molecule has 1 aliphatic rings. The number of nitrogens with zero attached hydrogens (tertiary/aromatic N) is 4. The van der Waals surface area contributed by atoms with Crippen LogP contribution in [0.3, 0.4) is 0 Å². The fraction of sp³-hybridized carbons (Fsp3) is 0.389. The summed E-state index contributed by atoms with van der Waals surface area (Å²) in [4.78, 5) is 7.05. The third-order valence-corrected chi connectivity index (χ3v) is 4.60. The SMILES string of the molecule is Cc1oc(-c2ccccc2)nc1CN1CCC[C@H](c2nnc(N)o2)C1. The van der Waals surface area contributed by atoms with Gasteiger partial charge in [0.05, 0.1) is 11.6 Å². The van der Waals surface area contributed by atoms with Gasteiger partial charge in [-0.1, -0.05) is 23.3 Å². The van der Waals surface area contributed by atoms with Gasteiger partial charge in [0, 0.05) is 18.7 Å². The molecule has 0 bridgehead atoms. The molecule has 1 fully saturated rings. The Balaban J connectivity index is 1.47. The Morgan fingerprint density at radius 1 is 1.20 bits per heavy atom. The topological polar surface area (TPSA) is 94.2 Å². The summed E-state index contributed by atoms with van der Waals surface area (Å²) in [6.07, 6.45) is 2.11. The molecule has 3 heterocycles. The van der Waals surface area contributed by atoms with E-state index in [2.05, 4.69) is 15.1 Å². The van der Waals surface area contributed by atoms with E-state index >= 15 is 0 Å². The lowest BCUT2D eigenvalue weighted by Crippen LogP contribution is -2.34. The van der Waals surface area contributed by atoms with E-state index in [9.17, 15) is 0 Å². The number of likely N-dealkylation sites (tertiary alicyclic amines) is 1. The summed E-state index contributed by atoms with van der Waals surface area (Å²) in [6.45, 7) is 4.60. The second-order valence-corrected chi connectivity index (χ2v) is 6.44. The van der Waals surface area contributed by atoms with E-state index in [4.69, 9.17) is 19.6 Å². The molecule has 25 heavy (non-hydrogen) atoms. The van der Waals surface area contributed by atoms with E-state index in [0.29, 0.717) is 11.8 Å². The monoisotopic (exact) mass is 339 g/mol. The van der Waals surface area contributed by atoms with E-state index < -0.39 is 0 Å². The Morgan fingerprint density at radius 3 is 2.80 bits per heavy atom. The minimum Gasteiger partial charge on any atom is -0.441 e. The van der Waals surface area contributed by atoms with Crippen molar-refractivity contribution < 1.29 is 8.83 Å². The molecule has 2 aromatic heterocycles. The highest BCUT2D eigenvalue weighted by Gasteiger charge is 2.26. The molecule has 7 heteroatoms. The van der Waals surface area contributed by atoms with Gasteiger partial charge in [-0.05, 0) is 38.4 Å². The predicted octanol–water partition coefficient (Wildman–Crippen LogP) is 2.99. The van der Waals surface area contributed by atoms with E-state index in [0.717, 1.165) is 49.5 Å². The number of hydrogen-bond donors (Lipinski definition) is 1. The summed E-state index contributed by atoms with van der Waals surface area (Å²) in [5.41, 5.74) is 7.52. The average molecular weight is 339 g/mol. The van der Waals surface area contributed by atoms with Crippen LogP contribution in [0.5, 0.6) is 0 Å². The highest BCUT2D eigenvalue weighted by atomic mass is 16.4. The molecule has 130 valence electrons. The normalized spacial score (nSPS) is 18.5. The van der Waals surface area contributed by atoms with E-state index in [1.807, 2.05) is 37.3 Å². The Morgan fingerprint density at radius 2 is 2.04 bits per heavy atom. The van der Waals surface area contributed by atoms with Crippen LogP contribution in [0.4, 0.5) is 6.01 Å². The van der Waals surface area contributed by atoms with Gasteiger partial charge in [-0.2, -0.15) is 0 Å². The van der Waals surface area contributed by atoms with Crippen LogP contribution in [-0.2, 0) is 6.54 Å². The number of hydrogen-bond acceptors (Lipinski definition) is 7. The fourth-order valence-corrected chi connectivity index (χ4v) is 3.30. The summed E-state index contributed by atoms with van der Waals surface area (Å²) >= 11 is 0. The van der Waals surface area contributed by atoms with E-state index in [1.54, 1.807) is 0 Å². The van der Waals surface area contributed by atoms with Gasteiger partial charge in [-0.3, -0.25) is 4.90 Å². The molecule has 1 saturated heterocycles. The van der Waals surface area contributed by atoms with Crippen molar-refractivity contribution in [3.63, 3.8) is 0 Å². The van der Waals surface area contributed by atoms with Crippen LogP contribution < -0.4 is 5.73 Å². The molecule has 0 unspecified atom stereocenters. The number of piperidine rings is 1. The van der Waals surface area contributed by atoms with Crippen LogP contribution in [0.2, 0.25) is 0 Å². The van der Waals surface area contributed by atoms with Crippen LogP contribution in [0.1, 0.15) is 36.1 Å². The maximum atomic E-state index is 5.86. The Hall–Kier alpha value is -2.67. The number of aromatic nitrogens is 3. The number of nitrogen functional groups attached to an aromatic ring is 1. The molecule has 1 atom stereocenters. The van der Waals surface area contributed by atoms with Gasteiger partial charge < -0.3 is 14.6 Å². The first-order valence-electron chi connectivity index (χ1n) is 8.52. The Kier molecular flexibility index (Phi) is 4.23. The van der Waals surface area contributed by atoms with Crippen molar-refractivity contribution in [3.8, 4) is 11.5 Å². The van der Waals surface area contributed by atoms with Crippen LogP contribution in [0, 0.1) is 6.92 Å². The number of anilines is 1. The summed E-state index contributed by atoms with van der Waals surface area (Å²) in [6, 6.07) is 10.1. The van der Waals surface area contributed by atoms with Crippen molar-refractivity contribution >= 4 is 6.01 Å². The number of oxazole rings is 1. The van der Waals surface area contributed by atoms with Crippen molar-refractivity contribution in [2.75, 3.05) is 18.8 Å². The standard InChI is InChI=1S/C18H21N5O2/c1-12-15(20-16(24-12)13-6-3-2-4-7-13)11-23-9-5-8-14(10-23)17-21-22-18(19)25-17/h2-4,6-7,14H,5,8-11H2,1H3,(H2,19,22)/t14-/m0/s1. The lowest BCUT2D eigenvalue weighted by atomic mass is 9.98. The lowest BCUT2D eigenvalue weighted by molar-refractivity contribution is 0.184. The predicted molar refractivity (Wildman–Crippen MR) is 92.6 cm³/mol. The minimum atomic E-state index is 0.131. The second kappa shape index (κ2) is 6.68. The molecular formula is C18H21N5O2. The van der Waals surface area contributed by atoms with Crippen LogP contribution in [-0.4, -0.2) is 33.2 Å². The maximum Gasteiger partial charge on any atom is 0.312 e. The first-order valence-corrected chi connectivity index (χ1v) is 8.52. The number of aryl methyl sites for hydroxylation is 1. The smallest absolute Gasteiger partial charge is 0.312 e. The Bertz CT molecular complexity index is 842. The first kappa shape index (κ1) is 15.8. The molecule has 0 saturated carbocycles. The van der Waals surface area contributed by atoms with Crippen molar-refractivity contribution in [2.45, 2.75) is 32.2 Å². The average Bonchev–Trinajstić information content (AvgIpc) is 3.22. The third-order valence-electron chi connectivity index (χ3n) is 4.60. The van der Waals surface area contributed by atoms with Gasteiger partial charge in [0.15, 0.2) is 0 Å². The van der Waals surface area contributed by atoms with Crippen molar-refractivity contribution in [1.29, 1.82) is 0 Å². The molecule has 0 spiro atoms. The zero-order valence-electron chi connectivity index (χ0n) is 14.2. The Labute approximate surface area is 145 Å². The molecule has 3 aromatic rings. The second-order valence-electron chi connectivity index (χ2n) is 6.44. The molecule has 1 aliphatic heterocycles.